The molecule has 1 rings (SSSR count). The molecular formula is C8H12N6O6S. The fraction of sp³-hybridized carbons (Fsp3) is 0. The van der Waals surface area contributed by atoms with E-state index in [2.05, 4.69) is 0 Å². The molecule has 0 radical (unpaired) electrons. The zero-order valence-corrected chi connectivity index (χ0v) is 11.1. The van der Waals surface area contributed by atoms with Crippen molar-refractivity contribution in [2.24, 2.45) is 23.2 Å². The normalized spacial score (nSPS) is 11.0. The number of benzene rings is 1. The number of primary amides is 2. The lowest BCUT2D eigenvalue weighted by Crippen LogP contribution is -2.43. The molecule has 0 unspecified atom stereocenters. The van der Waals surface area contributed by atoms with E-state index in [4.69, 9.17) is 27.7 Å². The number of phenols is 1. The molecule has 0 aliphatic carbocycles. The van der Waals surface area contributed by atoms with Crippen LogP contribution in [-0.4, -0.2) is 30.1 Å². The van der Waals surface area contributed by atoms with Gasteiger partial charge in [0.05, 0.1) is 4.90 Å². The van der Waals surface area contributed by atoms with Crippen LogP contribution < -0.4 is 33.2 Å². The first kappa shape index (κ1) is 16.4. The van der Waals surface area contributed by atoms with Gasteiger partial charge in [0, 0.05) is 0 Å². The van der Waals surface area contributed by atoms with E-state index in [9.17, 15) is 23.1 Å². The highest BCUT2D eigenvalue weighted by molar-refractivity contribution is 7.85. The Morgan fingerprint density at radius 1 is 1.00 bits per heavy atom. The van der Waals surface area contributed by atoms with Crippen LogP contribution in [0.5, 0.6) is 5.75 Å². The van der Waals surface area contributed by atoms with Crippen molar-refractivity contribution in [1.29, 1.82) is 0 Å². The second-order valence-electron chi connectivity index (χ2n) is 3.70. The number of urea groups is 2. The quantitative estimate of drug-likeness (QED) is 0.160. The minimum absolute atomic E-state index is 0.183. The number of aromatic hydroxyl groups is 1. The van der Waals surface area contributed by atoms with Gasteiger partial charge in [-0.15, -0.1) is 0 Å². The number of carbonyl (C=O) groups excluding carboxylic acids is 2. The Labute approximate surface area is 118 Å². The number of anilines is 2. The Hall–Kier alpha value is -2.61. The molecule has 0 aliphatic heterocycles. The Morgan fingerprint density at radius 3 is 1.57 bits per heavy atom. The highest BCUT2D eigenvalue weighted by Crippen LogP contribution is 2.38. The number of hydrogen-bond donors (Lipinski definition) is 6. The monoisotopic (exact) mass is 320 g/mol. The first-order valence-electron chi connectivity index (χ1n) is 4.99. The van der Waals surface area contributed by atoms with Crippen LogP contribution in [0.15, 0.2) is 17.0 Å². The Morgan fingerprint density at radius 2 is 1.33 bits per heavy atom. The molecule has 1 aromatic carbocycles. The van der Waals surface area contributed by atoms with E-state index < -0.39 is 44.2 Å². The molecule has 0 fully saturated rings. The Balaban J connectivity index is 3.69. The van der Waals surface area contributed by atoms with Gasteiger partial charge in [-0.1, -0.05) is 0 Å². The summed E-state index contributed by atoms with van der Waals surface area (Å²) in [7, 11) is -4.76. The average molecular weight is 320 g/mol. The SMILES string of the molecule is NC(=O)N(N)c1cc(S(=O)(=O)O)cc(N(N)C(N)=O)c1O. The van der Waals surface area contributed by atoms with Gasteiger partial charge in [-0.2, -0.15) is 8.42 Å². The second kappa shape index (κ2) is 5.41. The summed E-state index contributed by atoms with van der Waals surface area (Å²) >= 11 is 0. The summed E-state index contributed by atoms with van der Waals surface area (Å²) in [5.74, 6) is 9.63. The first-order valence-corrected chi connectivity index (χ1v) is 6.43. The lowest BCUT2D eigenvalue weighted by Gasteiger charge is -2.21. The van der Waals surface area contributed by atoms with Crippen LogP contribution in [0.3, 0.4) is 0 Å². The molecule has 12 nitrogen and oxygen atoms in total. The van der Waals surface area contributed by atoms with Gasteiger partial charge in [-0.3, -0.25) is 4.55 Å². The van der Waals surface area contributed by atoms with E-state index in [1.165, 1.54) is 0 Å². The fourth-order valence-electron chi connectivity index (χ4n) is 1.33. The summed E-state index contributed by atoms with van der Waals surface area (Å²) < 4.78 is 31.3. The van der Waals surface area contributed by atoms with Gasteiger partial charge in [0.1, 0.15) is 11.4 Å². The van der Waals surface area contributed by atoms with Crippen LogP contribution in [0.1, 0.15) is 0 Å². The molecule has 0 bridgehead atoms. The zero-order chi connectivity index (χ0) is 16.5. The summed E-state index contributed by atoms with van der Waals surface area (Å²) in [6.07, 6.45) is 0. The topological polar surface area (TPSA) is 219 Å². The Kier molecular flexibility index (Phi) is 4.24. The highest BCUT2D eigenvalue weighted by Gasteiger charge is 2.25. The molecule has 0 atom stereocenters. The zero-order valence-electron chi connectivity index (χ0n) is 10.3. The van der Waals surface area contributed by atoms with Gasteiger partial charge >= 0.3 is 12.1 Å². The van der Waals surface area contributed by atoms with E-state index in [-0.39, 0.29) is 10.0 Å². The van der Waals surface area contributed by atoms with Crippen molar-refractivity contribution in [3.63, 3.8) is 0 Å². The molecule has 21 heavy (non-hydrogen) atoms. The number of nitrogens with zero attached hydrogens (tertiary/aromatic N) is 2. The number of hydrogen-bond acceptors (Lipinski definition) is 7. The van der Waals surface area contributed by atoms with Crippen molar-refractivity contribution in [2.75, 3.05) is 10.0 Å². The fourth-order valence-corrected chi connectivity index (χ4v) is 1.85. The molecule has 116 valence electrons. The van der Waals surface area contributed by atoms with Crippen LogP contribution in [0.4, 0.5) is 21.0 Å². The summed E-state index contributed by atoms with van der Waals surface area (Å²) in [5.41, 5.74) is 8.53. The number of amides is 4. The summed E-state index contributed by atoms with van der Waals surface area (Å²) in [5, 5.41) is 10.2. The predicted octanol–water partition coefficient (Wildman–Crippen LogP) is -1.84. The molecule has 1 aromatic rings. The molecule has 4 amide bonds. The minimum Gasteiger partial charge on any atom is -0.504 e. The number of hydrazine groups is 2. The number of nitrogens with two attached hydrogens (primary N) is 4. The van der Waals surface area contributed by atoms with E-state index in [0.29, 0.717) is 12.1 Å². The molecule has 0 spiro atoms. The maximum absolute atomic E-state index is 11.2. The van der Waals surface area contributed by atoms with Crippen molar-refractivity contribution in [1.82, 2.24) is 0 Å². The van der Waals surface area contributed by atoms with Crippen LogP contribution >= 0.6 is 0 Å². The van der Waals surface area contributed by atoms with Gasteiger partial charge in [0.25, 0.3) is 10.1 Å². The second-order valence-corrected chi connectivity index (χ2v) is 5.12. The molecule has 0 aliphatic rings. The Bertz CT molecular complexity index is 662. The molecule has 0 saturated carbocycles. The number of rotatable bonds is 3. The van der Waals surface area contributed by atoms with Crippen molar-refractivity contribution in [3.05, 3.63) is 12.1 Å². The maximum Gasteiger partial charge on any atom is 0.333 e. The van der Waals surface area contributed by atoms with Crippen LogP contribution in [0.2, 0.25) is 0 Å². The highest BCUT2D eigenvalue weighted by atomic mass is 32.2. The standard InChI is InChI=1S/C8H12N6O6S/c9-7(16)13(11)4-1-3(21(18,19)20)2-5(6(4)15)14(12)8(10)17/h1-2,15H,11-12H2,(H2,9,16)(H2,10,17)(H,18,19,20). The van der Waals surface area contributed by atoms with Gasteiger partial charge < -0.3 is 16.6 Å². The van der Waals surface area contributed by atoms with Crippen LogP contribution in [0, 0.1) is 0 Å². The summed E-state index contributed by atoms with van der Waals surface area (Å²) in [6.45, 7) is 0. The number of carbonyl (C=O) groups is 2. The van der Waals surface area contributed by atoms with E-state index in [1.807, 2.05) is 0 Å². The van der Waals surface area contributed by atoms with E-state index in [0.717, 1.165) is 0 Å². The lowest BCUT2D eigenvalue weighted by molar-refractivity contribution is 0.253. The molecule has 0 aromatic heterocycles. The van der Waals surface area contributed by atoms with Crippen molar-refractivity contribution < 1.29 is 27.7 Å². The molecule has 0 saturated heterocycles. The van der Waals surface area contributed by atoms with Crippen molar-refractivity contribution in [3.8, 4) is 5.75 Å². The van der Waals surface area contributed by atoms with E-state index in [1.54, 1.807) is 0 Å². The van der Waals surface area contributed by atoms with Gasteiger partial charge in [0.15, 0.2) is 5.75 Å². The minimum atomic E-state index is -4.76. The maximum atomic E-state index is 11.2. The van der Waals surface area contributed by atoms with Crippen molar-refractivity contribution in [2.45, 2.75) is 4.90 Å². The van der Waals surface area contributed by atoms with Gasteiger partial charge in [0.2, 0.25) is 0 Å². The molecule has 13 heteroatoms. The van der Waals surface area contributed by atoms with E-state index >= 15 is 0 Å². The summed E-state index contributed by atoms with van der Waals surface area (Å²) in [6, 6.07) is -1.22. The third kappa shape index (κ3) is 3.29. The van der Waals surface area contributed by atoms with Crippen molar-refractivity contribution >= 4 is 33.6 Å². The molecule has 0 heterocycles. The van der Waals surface area contributed by atoms with Crippen LogP contribution in [0.25, 0.3) is 0 Å². The third-order valence-electron chi connectivity index (χ3n) is 2.33. The molecular weight excluding hydrogens is 308 g/mol. The lowest BCUT2D eigenvalue weighted by atomic mass is 10.2. The first-order chi connectivity index (χ1) is 9.46. The van der Waals surface area contributed by atoms with Gasteiger partial charge in [-0.05, 0) is 12.1 Å². The third-order valence-corrected chi connectivity index (χ3v) is 3.17. The number of phenolic OH excluding ortho intramolecular Hbond substituents is 1. The predicted molar refractivity (Wildman–Crippen MR) is 70.4 cm³/mol. The molecule has 10 N–H and O–H groups in total. The van der Waals surface area contributed by atoms with Crippen LogP contribution in [-0.2, 0) is 10.1 Å². The average Bonchev–Trinajstić information content (AvgIpc) is 2.35. The largest absolute Gasteiger partial charge is 0.504 e. The van der Waals surface area contributed by atoms with Gasteiger partial charge in [-0.25, -0.2) is 31.3 Å². The smallest absolute Gasteiger partial charge is 0.333 e. The summed E-state index contributed by atoms with van der Waals surface area (Å²) in [4.78, 5) is 21.2.